The highest BCUT2D eigenvalue weighted by molar-refractivity contribution is 5.69. The van der Waals surface area contributed by atoms with Gasteiger partial charge < -0.3 is 11.1 Å². The highest BCUT2D eigenvalue weighted by Crippen LogP contribution is 2.15. The number of aromatic nitrogens is 3. The first-order valence-electron chi connectivity index (χ1n) is 3.58. The molecule has 2 rings (SSSR count). The second kappa shape index (κ2) is 2.37. The van der Waals surface area contributed by atoms with Gasteiger partial charge in [0.25, 0.3) is 0 Å². The van der Waals surface area contributed by atoms with Crippen LogP contribution in [0.25, 0.3) is 5.65 Å². The molecule has 0 saturated carbocycles. The van der Waals surface area contributed by atoms with E-state index in [1.165, 1.54) is 6.33 Å². The van der Waals surface area contributed by atoms with E-state index in [1.54, 1.807) is 4.40 Å². The lowest BCUT2D eigenvalue weighted by molar-refractivity contribution is 1.04. The number of fused-ring (bicyclic) bond motifs is 1. The SMILES string of the molecule is CNc1ccn2c(N)ncnc12. The Balaban J connectivity index is 2.80. The predicted octanol–water partition coefficient (Wildman–Crippen LogP) is 0.353. The summed E-state index contributed by atoms with van der Waals surface area (Å²) in [6, 6.07) is 1.90. The zero-order chi connectivity index (χ0) is 8.55. The Labute approximate surface area is 69.2 Å². The van der Waals surface area contributed by atoms with E-state index < -0.39 is 0 Å². The molecule has 0 aliphatic heterocycles. The zero-order valence-electron chi connectivity index (χ0n) is 6.65. The van der Waals surface area contributed by atoms with Crippen LogP contribution in [-0.4, -0.2) is 21.4 Å². The van der Waals surface area contributed by atoms with Gasteiger partial charge in [-0.1, -0.05) is 0 Å². The number of nitrogens with two attached hydrogens (primary N) is 1. The van der Waals surface area contributed by atoms with Gasteiger partial charge in [-0.05, 0) is 6.07 Å². The van der Waals surface area contributed by atoms with E-state index in [-0.39, 0.29) is 0 Å². The lowest BCUT2D eigenvalue weighted by Gasteiger charge is -1.98. The van der Waals surface area contributed by atoms with E-state index in [2.05, 4.69) is 15.3 Å². The van der Waals surface area contributed by atoms with Crippen LogP contribution in [0.5, 0.6) is 0 Å². The normalized spacial score (nSPS) is 10.4. The lowest BCUT2D eigenvalue weighted by atomic mass is 10.5. The van der Waals surface area contributed by atoms with E-state index in [4.69, 9.17) is 5.73 Å². The van der Waals surface area contributed by atoms with Crippen LogP contribution >= 0.6 is 0 Å². The standard InChI is InChI=1S/C7H9N5/c1-9-5-2-3-12-6(5)10-4-11-7(12)8/h2-4,9H,1H3,(H2,8,10,11). The maximum absolute atomic E-state index is 5.61. The van der Waals surface area contributed by atoms with Crippen LogP contribution in [0.4, 0.5) is 11.6 Å². The number of anilines is 2. The molecule has 3 N–H and O–H groups in total. The van der Waals surface area contributed by atoms with Crippen LogP contribution in [0, 0.1) is 0 Å². The molecule has 0 radical (unpaired) electrons. The summed E-state index contributed by atoms with van der Waals surface area (Å²) < 4.78 is 1.73. The molecular formula is C7H9N5. The second-order valence-corrected chi connectivity index (χ2v) is 2.40. The summed E-state index contributed by atoms with van der Waals surface area (Å²) in [7, 11) is 1.84. The maximum Gasteiger partial charge on any atom is 0.207 e. The number of nitrogens with zero attached hydrogens (tertiary/aromatic N) is 3. The number of nitrogens with one attached hydrogen (secondary N) is 1. The topological polar surface area (TPSA) is 68.2 Å². The molecule has 2 aromatic rings. The van der Waals surface area contributed by atoms with Crippen LogP contribution in [0.2, 0.25) is 0 Å². The van der Waals surface area contributed by atoms with Gasteiger partial charge in [0, 0.05) is 13.2 Å². The van der Waals surface area contributed by atoms with E-state index in [9.17, 15) is 0 Å². The first-order valence-corrected chi connectivity index (χ1v) is 3.58. The van der Waals surface area contributed by atoms with Gasteiger partial charge in [0.2, 0.25) is 5.95 Å². The highest BCUT2D eigenvalue weighted by atomic mass is 15.1. The van der Waals surface area contributed by atoms with Crippen molar-refractivity contribution in [3.63, 3.8) is 0 Å². The van der Waals surface area contributed by atoms with Crippen LogP contribution in [0.3, 0.4) is 0 Å². The quantitative estimate of drug-likeness (QED) is 0.636. The first-order chi connectivity index (χ1) is 5.83. The van der Waals surface area contributed by atoms with Crippen LogP contribution in [0.15, 0.2) is 18.6 Å². The van der Waals surface area contributed by atoms with E-state index in [1.807, 2.05) is 19.3 Å². The maximum atomic E-state index is 5.61. The van der Waals surface area contributed by atoms with Crippen molar-refractivity contribution in [2.75, 3.05) is 18.1 Å². The predicted molar refractivity (Wildman–Crippen MR) is 46.9 cm³/mol. The third kappa shape index (κ3) is 0.795. The van der Waals surface area contributed by atoms with Gasteiger partial charge in [-0.3, -0.25) is 4.40 Å². The van der Waals surface area contributed by atoms with Crippen molar-refractivity contribution in [2.24, 2.45) is 0 Å². The van der Waals surface area contributed by atoms with Gasteiger partial charge >= 0.3 is 0 Å². The molecular weight excluding hydrogens is 154 g/mol. The number of rotatable bonds is 1. The van der Waals surface area contributed by atoms with Crippen LogP contribution in [-0.2, 0) is 0 Å². The Morgan fingerprint density at radius 1 is 1.50 bits per heavy atom. The van der Waals surface area contributed by atoms with E-state index in [0.29, 0.717) is 5.95 Å². The Morgan fingerprint density at radius 2 is 2.33 bits per heavy atom. The monoisotopic (exact) mass is 163 g/mol. The molecule has 0 bridgehead atoms. The van der Waals surface area contributed by atoms with E-state index in [0.717, 1.165) is 11.3 Å². The van der Waals surface area contributed by atoms with Crippen LogP contribution in [0.1, 0.15) is 0 Å². The molecule has 0 saturated heterocycles. The average Bonchev–Trinajstić information content (AvgIpc) is 2.49. The average molecular weight is 163 g/mol. The van der Waals surface area contributed by atoms with Gasteiger partial charge in [-0.25, -0.2) is 9.97 Å². The minimum absolute atomic E-state index is 0.446. The van der Waals surface area contributed by atoms with Crippen molar-refractivity contribution in [1.82, 2.24) is 14.4 Å². The number of hydrogen-bond donors (Lipinski definition) is 2. The molecule has 0 amide bonds. The van der Waals surface area contributed by atoms with Gasteiger partial charge in [0.05, 0.1) is 5.69 Å². The molecule has 0 aliphatic carbocycles. The van der Waals surface area contributed by atoms with Gasteiger partial charge in [-0.15, -0.1) is 0 Å². The summed E-state index contributed by atoms with van der Waals surface area (Å²) >= 11 is 0. The van der Waals surface area contributed by atoms with Crippen molar-refractivity contribution >= 4 is 17.3 Å². The van der Waals surface area contributed by atoms with Crippen molar-refractivity contribution in [3.8, 4) is 0 Å². The molecule has 2 aromatic heterocycles. The summed E-state index contributed by atoms with van der Waals surface area (Å²) in [4.78, 5) is 7.94. The Kier molecular flexibility index (Phi) is 1.36. The molecule has 0 aliphatic rings. The van der Waals surface area contributed by atoms with Gasteiger partial charge in [-0.2, -0.15) is 0 Å². The zero-order valence-corrected chi connectivity index (χ0v) is 6.65. The molecule has 0 aromatic carbocycles. The fraction of sp³-hybridized carbons (Fsp3) is 0.143. The summed E-state index contributed by atoms with van der Waals surface area (Å²) in [6.07, 6.45) is 3.28. The third-order valence-electron chi connectivity index (χ3n) is 1.75. The van der Waals surface area contributed by atoms with Crippen molar-refractivity contribution in [2.45, 2.75) is 0 Å². The smallest absolute Gasteiger partial charge is 0.207 e. The molecule has 0 spiro atoms. The fourth-order valence-electron chi connectivity index (χ4n) is 1.14. The van der Waals surface area contributed by atoms with Crippen molar-refractivity contribution in [1.29, 1.82) is 0 Å². The second-order valence-electron chi connectivity index (χ2n) is 2.40. The van der Waals surface area contributed by atoms with Gasteiger partial charge in [0.15, 0.2) is 5.65 Å². The molecule has 5 heteroatoms. The summed E-state index contributed by atoms with van der Waals surface area (Å²) in [5, 5.41) is 3.01. The van der Waals surface area contributed by atoms with E-state index >= 15 is 0 Å². The highest BCUT2D eigenvalue weighted by Gasteiger charge is 2.02. The third-order valence-corrected chi connectivity index (χ3v) is 1.75. The molecule has 0 fully saturated rings. The Morgan fingerprint density at radius 3 is 3.08 bits per heavy atom. The summed E-state index contributed by atoms with van der Waals surface area (Å²) in [6.45, 7) is 0. The summed E-state index contributed by atoms with van der Waals surface area (Å²) in [5.74, 6) is 0.446. The minimum atomic E-state index is 0.446. The first kappa shape index (κ1) is 6.90. The minimum Gasteiger partial charge on any atom is -0.385 e. The fourth-order valence-corrected chi connectivity index (χ4v) is 1.14. The largest absolute Gasteiger partial charge is 0.385 e. The molecule has 0 unspecified atom stereocenters. The van der Waals surface area contributed by atoms with Gasteiger partial charge in [0.1, 0.15) is 6.33 Å². The molecule has 5 nitrogen and oxygen atoms in total. The molecule has 0 atom stereocenters. The lowest BCUT2D eigenvalue weighted by Crippen LogP contribution is -2.00. The van der Waals surface area contributed by atoms with Crippen molar-refractivity contribution < 1.29 is 0 Å². The summed E-state index contributed by atoms with van der Waals surface area (Å²) in [5.41, 5.74) is 7.35. The van der Waals surface area contributed by atoms with Crippen molar-refractivity contribution in [3.05, 3.63) is 18.6 Å². The molecule has 62 valence electrons. The molecule has 12 heavy (non-hydrogen) atoms. The Hall–Kier alpha value is -1.78. The molecule has 2 heterocycles. The Bertz CT molecular complexity index is 405. The number of hydrogen-bond acceptors (Lipinski definition) is 4. The number of nitrogen functional groups attached to an aromatic ring is 1. The van der Waals surface area contributed by atoms with Crippen LogP contribution < -0.4 is 11.1 Å².